The lowest BCUT2D eigenvalue weighted by Gasteiger charge is -1.92. The minimum atomic E-state index is 0.100. The van der Waals surface area contributed by atoms with Gasteiger partial charge in [0, 0.05) is 5.57 Å². The van der Waals surface area contributed by atoms with Crippen molar-refractivity contribution in [1.29, 1.82) is 0 Å². The van der Waals surface area contributed by atoms with Gasteiger partial charge >= 0.3 is 0 Å². The lowest BCUT2D eigenvalue weighted by Crippen LogP contribution is -1.91. The summed E-state index contributed by atoms with van der Waals surface area (Å²) in [6.07, 6.45) is 5.57. The molecule has 0 atom stereocenters. The summed E-state index contributed by atoms with van der Waals surface area (Å²) in [6, 6.07) is 0. The van der Waals surface area contributed by atoms with Crippen LogP contribution in [-0.4, -0.2) is 5.78 Å². The molecule has 10 heavy (non-hydrogen) atoms. The van der Waals surface area contributed by atoms with Crippen molar-refractivity contribution >= 4 is 5.78 Å². The number of allylic oxidation sites excluding steroid dienone is 3. The molecule has 0 radical (unpaired) electrons. The first-order valence-electron chi connectivity index (χ1n) is 3.56. The predicted molar refractivity (Wildman–Crippen MR) is 43.9 cm³/mol. The monoisotopic (exact) mass is 138 g/mol. The Morgan fingerprint density at radius 1 is 1.60 bits per heavy atom. The molecule has 0 amide bonds. The molecular weight excluding hydrogens is 124 g/mol. The maximum atomic E-state index is 10.7. The second kappa shape index (κ2) is 4.98. The van der Waals surface area contributed by atoms with Crippen molar-refractivity contribution in [3.63, 3.8) is 0 Å². The summed E-state index contributed by atoms with van der Waals surface area (Å²) < 4.78 is 0. The zero-order valence-corrected chi connectivity index (χ0v) is 6.68. The van der Waals surface area contributed by atoms with Crippen molar-refractivity contribution in [2.24, 2.45) is 0 Å². The Bertz CT molecular complexity index is 154. The van der Waals surface area contributed by atoms with Gasteiger partial charge < -0.3 is 0 Å². The fraction of sp³-hybridized carbons (Fsp3) is 0.444. The second-order valence-electron chi connectivity index (χ2n) is 2.21. The van der Waals surface area contributed by atoms with Gasteiger partial charge in [0.25, 0.3) is 0 Å². The van der Waals surface area contributed by atoms with Gasteiger partial charge in [0.05, 0.1) is 0 Å². The van der Waals surface area contributed by atoms with Crippen molar-refractivity contribution in [3.8, 4) is 0 Å². The first-order chi connectivity index (χ1) is 4.72. The molecule has 0 aliphatic carbocycles. The predicted octanol–water partition coefficient (Wildman–Crippen LogP) is 2.49. The minimum absolute atomic E-state index is 0.100. The minimum Gasteiger partial charge on any atom is -0.295 e. The molecule has 0 aromatic rings. The average Bonchev–Trinajstić information content (AvgIpc) is 1.89. The third-order valence-corrected chi connectivity index (χ3v) is 1.28. The number of carbonyl (C=O) groups is 1. The van der Waals surface area contributed by atoms with Crippen molar-refractivity contribution in [1.82, 2.24) is 0 Å². The molecule has 0 saturated carbocycles. The molecule has 1 heteroatoms. The first-order valence-corrected chi connectivity index (χ1v) is 3.56. The lowest BCUT2D eigenvalue weighted by molar-refractivity contribution is -0.113. The molecule has 0 bridgehead atoms. The molecule has 0 spiro atoms. The summed E-state index contributed by atoms with van der Waals surface area (Å²) in [6.45, 7) is 7.19. The molecule has 0 aromatic heterocycles. The normalized spacial score (nSPS) is 11.2. The van der Waals surface area contributed by atoms with E-state index in [-0.39, 0.29) is 5.78 Å². The molecule has 0 saturated heterocycles. The van der Waals surface area contributed by atoms with Gasteiger partial charge in [0.1, 0.15) is 0 Å². The lowest BCUT2D eigenvalue weighted by atomic mass is 10.1. The summed E-state index contributed by atoms with van der Waals surface area (Å²) in [4.78, 5) is 10.7. The van der Waals surface area contributed by atoms with E-state index in [0.29, 0.717) is 0 Å². The van der Waals surface area contributed by atoms with Gasteiger partial charge in [0.15, 0.2) is 5.78 Å². The van der Waals surface area contributed by atoms with Crippen molar-refractivity contribution in [2.45, 2.75) is 26.7 Å². The highest BCUT2D eigenvalue weighted by Crippen LogP contribution is 2.00. The van der Waals surface area contributed by atoms with E-state index < -0.39 is 0 Å². The van der Waals surface area contributed by atoms with Crippen molar-refractivity contribution in [2.75, 3.05) is 0 Å². The van der Waals surface area contributed by atoms with Gasteiger partial charge in [-0.1, -0.05) is 32.1 Å². The van der Waals surface area contributed by atoms with Crippen LogP contribution < -0.4 is 0 Å². The van der Waals surface area contributed by atoms with Gasteiger partial charge in [-0.25, -0.2) is 0 Å². The fourth-order valence-corrected chi connectivity index (χ4v) is 0.671. The van der Waals surface area contributed by atoms with Crippen LogP contribution in [0.4, 0.5) is 0 Å². The molecule has 56 valence electrons. The number of carbonyl (C=O) groups excluding carboxylic acids is 1. The van der Waals surface area contributed by atoms with E-state index in [1.807, 2.05) is 6.08 Å². The molecule has 0 fully saturated rings. The Labute approximate surface area is 62.4 Å². The van der Waals surface area contributed by atoms with E-state index in [1.165, 1.54) is 0 Å². The SMILES string of the molecule is C=C/C(=C\CCC)C(C)=O. The third-order valence-electron chi connectivity index (χ3n) is 1.28. The van der Waals surface area contributed by atoms with Gasteiger partial charge in [0.2, 0.25) is 0 Å². The first kappa shape index (κ1) is 9.15. The molecule has 0 N–H and O–H groups in total. The summed E-state index contributed by atoms with van der Waals surface area (Å²) in [5.74, 6) is 0.100. The molecule has 1 nitrogen and oxygen atoms in total. The largest absolute Gasteiger partial charge is 0.295 e. The van der Waals surface area contributed by atoms with E-state index in [4.69, 9.17) is 0 Å². The summed E-state index contributed by atoms with van der Waals surface area (Å²) in [5.41, 5.74) is 0.738. The summed E-state index contributed by atoms with van der Waals surface area (Å²) in [7, 11) is 0. The maximum absolute atomic E-state index is 10.7. The van der Waals surface area contributed by atoms with Crippen LogP contribution in [0.3, 0.4) is 0 Å². The number of Topliss-reactive ketones (excluding diaryl/α,β-unsaturated/α-hetero) is 1. The van der Waals surface area contributed by atoms with Crippen LogP contribution in [-0.2, 0) is 4.79 Å². The van der Waals surface area contributed by atoms with E-state index in [0.717, 1.165) is 18.4 Å². The third kappa shape index (κ3) is 3.23. The highest BCUT2D eigenvalue weighted by molar-refractivity contribution is 5.95. The maximum Gasteiger partial charge on any atom is 0.159 e. The Balaban J connectivity index is 4.04. The van der Waals surface area contributed by atoms with Crippen LogP contribution in [0.1, 0.15) is 26.7 Å². The van der Waals surface area contributed by atoms with Crippen LogP contribution in [0, 0.1) is 0 Å². The van der Waals surface area contributed by atoms with Crippen LogP contribution >= 0.6 is 0 Å². The molecular formula is C9H14O. The van der Waals surface area contributed by atoms with E-state index >= 15 is 0 Å². The molecule has 0 aliphatic heterocycles. The average molecular weight is 138 g/mol. The number of hydrogen-bond donors (Lipinski definition) is 0. The highest BCUT2D eigenvalue weighted by atomic mass is 16.1. The quantitative estimate of drug-likeness (QED) is 0.431. The molecule has 0 aromatic carbocycles. The molecule has 0 heterocycles. The summed E-state index contributed by atoms with van der Waals surface area (Å²) in [5, 5.41) is 0. The van der Waals surface area contributed by atoms with Gasteiger partial charge in [-0.05, 0) is 13.3 Å². The van der Waals surface area contributed by atoms with Crippen LogP contribution in [0.5, 0.6) is 0 Å². The van der Waals surface area contributed by atoms with E-state index in [9.17, 15) is 4.79 Å². The smallest absolute Gasteiger partial charge is 0.159 e. The molecule has 0 rings (SSSR count). The Hall–Kier alpha value is -0.850. The van der Waals surface area contributed by atoms with Crippen LogP contribution in [0.2, 0.25) is 0 Å². The van der Waals surface area contributed by atoms with Crippen molar-refractivity contribution in [3.05, 3.63) is 24.3 Å². The second-order valence-corrected chi connectivity index (χ2v) is 2.21. The number of hydrogen-bond acceptors (Lipinski definition) is 1. The molecule has 0 unspecified atom stereocenters. The number of ketones is 1. The topological polar surface area (TPSA) is 17.1 Å². The zero-order valence-electron chi connectivity index (χ0n) is 6.68. The van der Waals surface area contributed by atoms with Gasteiger partial charge in [-0.15, -0.1) is 0 Å². The summed E-state index contributed by atoms with van der Waals surface area (Å²) >= 11 is 0. The fourth-order valence-electron chi connectivity index (χ4n) is 0.671. The van der Waals surface area contributed by atoms with E-state index in [2.05, 4.69) is 13.5 Å². The Morgan fingerprint density at radius 2 is 2.20 bits per heavy atom. The number of unbranched alkanes of at least 4 members (excludes halogenated alkanes) is 1. The van der Waals surface area contributed by atoms with E-state index in [1.54, 1.807) is 13.0 Å². The Kier molecular flexibility index (Phi) is 4.55. The van der Waals surface area contributed by atoms with Gasteiger partial charge in [-0.2, -0.15) is 0 Å². The number of rotatable bonds is 4. The highest BCUT2D eigenvalue weighted by Gasteiger charge is 1.95. The standard InChI is InChI=1S/C9H14O/c1-4-6-7-9(5-2)8(3)10/h5,7H,2,4,6H2,1,3H3/b9-7+. The molecule has 0 aliphatic rings. The van der Waals surface area contributed by atoms with Crippen molar-refractivity contribution < 1.29 is 4.79 Å². The van der Waals surface area contributed by atoms with Gasteiger partial charge in [-0.3, -0.25) is 4.79 Å². The zero-order chi connectivity index (χ0) is 7.98. The van der Waals surface area contributed by atoms with Crippen LogP contribution in [0.25, 0.3) is 0 Å². The Morgan fingerprint density at radius 3 is 2.50 bits per heavy atom. The van der Waals surface area contributed by atoms with Crippen LogP contribution in [0.15, 0.2) is 24.3 Å².